The fraction of sp³-hybridized carbons (Fsp3) is 0.583. The second kappa shape index (κ2) is 8.08. The number of esters is 1. The Morgan fingerprint density at radius 1 is 1.25 bits per heavy atom. The summed E-state index contributed by atoms with van der Waals surface area (Å²) in [5, 5.41) is 0. The summed E-state index contributed by atoms with van der Waals surface area (Å²) in [6.45, 7) is 4.20. The molecule has 0 amide bonds. The molecule has 0 spiro atoms. The van der Waals surface area contributed by atoms with Gasteiger partial charge in [-0.3, -0.25) is 4.79 Å². The molecule has 0 aromatic heterocycles. The number of halogens is 6. The number of allylic oxidation sites excluding steroid dienone is 3. The molecular formula is C12H12Br6O2. The number of alkyl halides is 2. The van der Waals surface area contributed by atoms with Crippen molar-refractivity contribution in [3.63, 3.8) is 0 Å². The van der Waals surface area contributed by atoms with Crippen LogP contribution >= 0.6 is 95.6 Å². The molecule has 2 unspecified atom stereocenters. The van der Waals surface area contributed by atoms with Crippen molar-refractivity contribution in [3.05, 3.63) is 17.9 Å². The van der Waals surface area contributed by atoms with Crippen LogP contribution in [-0.4, -0.2) is 21.7 Å². The van der Waals surface area contributed by atoms with E-state index in [1.165, 1.54) is 0 Å². The summed E-state index contributed by atoms with van der Waals surface area (Å²) < 4.78 is 8.44. The minimum absolute atomic E-state index is 0.0769. The normalized spacial score (nSPS) is 27.4. The molecule has 2 atom stereocenters. The molecule has 0 saturated heterocycles. The zero-order valence-electron chi connectivity index (χ0n) is 10.7. The Hall–Kier alpha value is 1.83. The van der Waals surface area contributed by atoms with Crippen molar-refractivity contribution in [1.29, 1.82) is 0 Å². The molecule has 0 bridgehead atoms. The highest BCUT2D eigenvalue weighted by atomic mass is 79.9. The first kappa shape index (κ1) is 19.9. The summed E-state index contributed by atoms with van der Waals surface area (Å²) in [7, 11) is 0. The minimum Gasteiger partial charge on any atom is -0.464 e. The lowest BCUT2D eigenvalue weighted by Gasteiger charge is -2.36. The average molecular weight is 668 g/mol. The maximum absolute atomic E-state index is 11.7. The highest BCUT2D eigenvalue weighted by Gasteiger charge is 2.46. The van der Waals surface area contributed by atoms with Gasteiger partial charge in [-0.25, -0.2) is 0 Å². The highest BCUT2D eigenvalue weighted by Crippen LogP contribution is 2.53. The van der Waals surface area contributed by atoms with Gasteiger partial charge < -0.3 is 4.74 Å². The van der Waals surface area contributed by atoms with Crippen molar-refractivity contribution < 1.29 is 9.53 Å². The minimum atomic E-state index is -0.561. The van der Waals surface area contributed by atoms with E-state index < -0.39 is 4.32 Å². The van der Waals surface area contributed by atoms with Crippen molar-refractivity contribution in [2.45, 2.75) is 29.4 Å². The predicted octanol–water partition coefficient (Wildman–Crippen LogP) is 6.49. The van der Waals surface area contributed by atoms with Crippen LogP contribution in [0.4, 0.5) is 0 Å². The molecule has 0 aromatic carbocycles. The summed E-state index contributed by atoms with van der Waals surface area (Å²) >= 11 is 21.4. The quantitative estimate of drug-likeness (QED) is 0.253. The van der Waals surface area contributed by atoms with Gasteiger partial charge in [0.05, 0.1) is 4.83 Å². The molecular weight excluding hydrogens is 656 g/mol. The van der Waals surface area contributed by atoms with Gasteiger partial charge in [0, 0.05) is 24.4 Å². The lowest BCUT2D eigenvalue weighted by Crippen LogP contribution is -2.41. The fourth-order valence-electron chi connectivity index (χ4n) is 1.52. The summed E-state index contributed by atoms with van der Waals surface area (Å²) in [6, 6.07) is 0. The molecule has 20 heavy (non-hydrogen) atoms. The average Bonchev–Trinajstić information content (AvgIpc) is 2.38. The number of rotatable bonds is 4. The molecule has 0 radical (unpaired) electrons. The zero-order valence-corrected chi connectivity index (χ0v) is 20.2. The third-order valence-corrected chi connectivity index (χ3v) is 11.9. The van der Waals surface area contributed by atoms with Crippen molar-refractivity contribution in [3.8, 4) is 0 Å². The second-order valence-electron chi connectivity index (χ2n) is 4.77. The maximum atomic E-state index is 11.7. The largest absolute Gasteiger partial charge is 0.464 e. The number of carbonyl (C=O) groups is 1. The molecule has 1 rings (SSSR count). The summed E-state index contributed by atoms with van der Waals surface area (Å²) in [4.78, 5) is 11.7. The molecule has 0 fully saturated rings. The summed E-state index contributed by atoms with van der Waals surface area (Å²) in [5.41, 5.74) is 0. The molecule has 8 heteroatoms. The Morgan fingerprint density at radius 3 is 2.30 bits per heavy atom. The van der Waals surface area contributed by atoms with Crippen LogP contribution in [0.1, 0.15) is 20.3 Å². The Balaban J connectivity index is 2.91. The van der Waals surface area contributed by atoms with Gasteiger partial charge in [-0.05, 0) is 37.8 Å². The molecule has 0 aromatic rings. The lowest BCUT2D eigenvalue weighted by molar-refractivity contribution is -0.144. The monoisotopic (exact) mass is 662 g/mol. The summed E-state index contributed by atoms with van der Waals surface area (Å²) in [5.74, 6) is 0.0890. The van der Waals surface area contributed by atoms with Gasteiger partial charge in [-0.1, -0.05) is 77.6 Å². The van der Waals surface area contributed by atoms with Gasteiger partial charge in [0.25, 0.3) is 0 Å². The zero-order chi connectivity index (χ0) is 15.7. The Kier molecular flexibility index (Phi) is 8.03. The Morgan fingerprint density at radius 2 is 1.80 bits per heavy atom. The topological polar surface area (TPSA) is 26.3 Å². The van der Waals surface area contributed by atoms with Gasteiger partial charge in [0.1, 0.15) is 10.9 Å². The maximum Gasteiger partial charge on any atom is 0.306 e. The smallest absolute Gasteiger partial charge is 0.306 e. The third kappa shape index (κ3) is 4.43. The number of hydrogen-bond donors (Lipinski definition) is 0. The standard InChI is InChI=1S/C12H12Br6O2/c1-5(2)3-6(19)20-4-12(18)10(16)8(14)7(13)9(15)11(12)17/h5,10H,3-4H2,1-2H3. The van der Waals surface area contributed by atoms with Crippen LogP contribution in [0.25, 0.3) is 0 Å². The molecule has 1 aliphatic rings. The molecule has 0 N–H and O–H groups in total. The number of ether oxygens (including phenoxy) is 1. The van der Waals surface area contributed by atoms with Gasteiger partial charge in [0.2, 0.25) is 0 Å². The van der Waals surface area contributed by atoms with Crippen LogP contribution in [-0.2, 0) is 9.53 Å². The Labute approximate surface area is 169 Å². The van der Waals surface area contributed by atoms with E-state index in [1.54, 1.807) is 0 Å². The van der Waals surface area contributed by atoms with Crippen molar-refractivity contribution in [2.75, 3.05) is 6.61 Å². The van der Waals surface area contributed by atoms with Crippen LogP contribution in [0.2, 0.25) is 0 Å². The van der Waals surface area contributed by atoms with E-state index in [0.29, 0.717) is 6.42 Å². The number of carbonyl (C=O) groups excluding carboxylic acids is 1. The van der Waals surface area contributed by atoms with E-state index in [0.717, 1.165) is 17.9 Å². The van der Waals surface area contributed by atoms with Crippen LogP contribution in [0.15, 0.2) is 17.9 Å². The fourth-order valence-corrected chi connectivity index (χ4v) is 6.50. The van der Waals surface area contributed by atoms with Crippen molar-refractivity contribution >= 4 is 102 Å². The molecule has 2 nitrogen and oxygen atoms in total. The van der Waals surface area contributed by atoms with Gasteiger partial charge in [-0.2, -0.15) is 0 Å². The lowest BCUT2D eigenvalue weighted by atomic mass is 10.0. The number of hydrogen-bond acceptors (Lipinski definition) is 2. The molecule has 0 aliphatic heterocycles. The van der Waals surface area contributed by atoms with E-state index >= 15 is 0 Å². The van der Waals surface area contributed by atoms with E-state index in [9.17, 15) is 4.79 Å². The van der Waals surface area contributed by atoms with Crippen molar-refractivity contribution in [2.24, 2.45) is 5.92 Å². The first-order chi connectivity index (χ1) is 9.11. The first-order valence-electron chi connectivity index (χ1n) is 5.71. The van der Waals surface area contributed by atoms with Gasteiger partial charge in [-0.15, -0.1) is 0 Å². The summed E-state index contributed by atoms with van der Waals surface area (Å²) in [6.07, 6.45) is 0.416. The van der Waals surface area contributed by atoms with E-state index in [2.05, 4.69) is 95.6 Å². The molecule has 0 heterocycles. The molecule has 114 valence electrons. The second-order valence-corrected chi connectivity index (χ2v) is 10.3. The third-order valence-electron chi connectivity index (χ3n) is 2.60. The van der Waals surface area contributed by atoms with E-state index in [-0.39, 0.29) is 23.3 Å². The highest BCUT2D eigenvalue weighted by molar-refractivity contribution is 9.18. The van der Waals surface area contributed by atoms with E-state index in [1.807, 2.05) is 13.8 Å². The van der Waals surface area contributed by atoms with Gasteiger partial charge in [0.15, 0.2) is 0 Å². The molecule has 1 aliphatic carbocycles. The predicted molar refractivity (Wildman–Crippen MR) is 105 cm³/mol. The van der Waals surface area contributed by atoms with Crippen LogP contribution < -0.4 is 0 Å². The van der Waals surface area contributed by atoms with Crippen LogP contribution in [0.5, 0.6) is 0 Å². The van der Waals surface area contributed by atoms with Gasteiger partial charge >= 0.3 is 5.97 Å². The Bertz CT molecular complexity index is 471. The molecule has 0 saturated carbocycles. The SMILES string of the molecule is CC(C)CC(=O)OCC1(Br)C(Br)=C(Br)C(Br)=C(Br)C1Br. The van der Waals surface area contributed by atoms with Crippen molar-refractivity contribution in [1.82, 2.24) is 0 Å². The first-order valence-corrected chi connectivity index (χ1v) is 10.6. The van der Waals surface area contributed by atoms with Crippen LogP contribution in [0.3, 0.4) is 0 Å². The van der Waals surface area contributed by atoms with E-state index in [4.69, 9.17) is 4.74 Å². The van der Waals surface area contributed by atoms with Crippen LogP contribution in [0, 0.1) is 5.92 Å².